The van der Waals surface area contributed by atoms with Crippen LogP contribution in [-0.4, -0.2) is 42.5 Å². The molecule has 0 aromatic heterocycles. The number of benzene rings is 1. The summed E-state index contributed by atoms with van der Waals surface area (Å²) in [5.74, 6) is -2.00. The zero-order valence-corrected chi connectivity index (χ0v) is 14.1. The minimum atomic E-state index is -4.83. The Balaban J connectivity index is 1.73. The van der Waals surface area contributed by atoms with Crippen LogP contribution in [0.25, 0.3) is 6.08 Å². The maximum absolute atomic E-state index is 12.4. The quantitative estimate of drug-likeness (QED) is 0.822. The molecule has 1 aliphatic heterocycles. The highest BCUT2D eigenvalue weighted by molar-refractivity contribution is 6.30. The Labute approximate surface area is 148 Å². The summed E-state index contributed by atoms with van der Waals surface area (Å²) in [6.45, 7) is 0.483. The molecule has 1 N–H and O–H groups in total. The van der Waals surface area contributed by atoms with E-state index >= 15 is 0 Å². The topological polar surface area (TPSA) is 49.4 Å². The molecule has 2 rings (SSSR count). The summed E-state index contributed by atoms with van der Waals surface area (Å²) >= 11 is 5.77. The van der Waals surface area contributed by atoms with Gasteiger partial charge in [0.2, 0.25) is 5.91 Å². The lowest BCUT2D eigenvalue weighted by Gasteiger charge is -2.32. The van der Waals surface area contributed by atoms with Crippen LogP contribution in [0.2, 0.25) is 5.02 Å². The number of nitrogens with one attached hydrogen (secondary N) is 1. The Morgan fingerprint density at radius 1 is 1.20 bits per heavy atom. The molecule has 136 valence electrons. The first-order valence-corrected chi connectivity index (χ1v) is 8.21. The zero-order valence-electron chi connectivity index (χ0n) is 13.4. The maximum atomic E-state index is 12.4. The number of rotatable bonds is 4. The number of hydrogen-bond donors (Lipinski definition) is 1. The van der Waals surface area contributed by atoms with E-state index in [-0.39, 0.29) is 24.9 Å². The lowest BCUT2D eigenvalue weighted by molar-refractivity contribution is -0.186. The molecule has 1 aliphatic rings. The van der Waals surface area contributed by atoms with Crippen LogP contribution in [0.1, 0.15) is 18.4 Å². The van der Waals surface area contributed by atoms with Crippen LogP contribution in [-0.2, 0) is 9.59 Å². The van der Waals surface area contributed by atoms with E-state index in [1.54, 1.807) is 30.3 Å². The fraction of sp³-hybridized carbons (Fsp3) is 0.412. The highest BCUT2D eigenvalue weighted by Gasteiger charge is 2.43. The van der Waals surface area contributed by atoms with E-state index in [9.17, 15) is 22.8 Å². The summed E-state index contributed by atoms with van der Waals surface area (Å²) in [7, 11) is 0. The largest absolute Gasteiger partial charge is 0.471 e. The summed E-state index contributed by atoms with van der Waals surface area (Å²) in [5, 5.41) is 3.34. The van der Waals surface area contributed by atoms with Gasteiger partial charge in [0, 0.05) is 30.7 Å². The highest BCUT2D eigenvalue weighted by Crippen LogP contribution is 2.23. The number of likely N-dealkylation sites (tertiary alicyclic amines) is 1. The smallest absolute Gasteiger partial charge is 0.352 e. The van der Waals surface area contributed by atoms with Crippen molar-refractivity contribution in [2.24, 2.45) is 5.92 Å². The molecular formula is C17H18ClF3N2O2. The molecule has 2 amide bonds. The van der Waals surface area contributed by atoms with Crippen molar-refractivity contribution in [3.05, 3.63) is 40.9 Å². The van der Waals surface area contributed by atoms with Crippen molar-refractivity contribution in [3.63, 3.8) is 0 Å². The molecule has 1 fully saturated rings. The third kappa shape index (κ3) is 6.08. The summed E-state index contributed by atoms with van der Waals surface area (Å²) in [6, 6.07) is 6.99. The fourth-order valence-corrected chi connectivity index (χ4v) is 2.70. The summed E-state index contributed by atoms with van der Waals surface area (Å²) in [5.41, 5.74) is 0.832. The molecule has 1 heterocycles. The molecule has 1 aromatic carbocycles. The summed E-state index contributed by atoms with van der Waals surface area (Å²) in [4.78, 5) is 23.8. The van der Waals surface area contributed by atoms with Crippen LogP contribution in [0.15, 0.2) is 30.3 Å². The molecule has 0 spiro atoms. The Bertz CT molecular complexity index is 636. The van der Waals surface area contributed by atoms with Crippen molar-refractivity contribution in [1.82, 2.24) is 10.2 Å². The SMILES string of the molecule is O=C(/C=C/c1ccc(Cl)cc1)NCC1CCN(C(=O)C(F)(F)F)CC1. The van der Waals surface area contributed by atoms with E-state index in [1.807, 2.05) is 0 Å². The molecule has 0 saturated carbocycles. The van der Waals surface area contributed by atoms with Crippen molar-refractivity contribution in [2.75, 3.05) is 19.6 Å². The number of amides is 2. The standard InChI is InChI=1S/C17H18ClF3N2O2/c18-14-4-1-12(2-5-14)3-6-15(24)22-11-13-7-9-23(10-8-13)16(25)17(19,20)21/h1-6,13H,7-11H2,(H,22,24)/b6-3+. The molecule has 1 saturated heterocycles. The van der Waals surface area contributed by atoms with Crippen LogP contribution in [0.4, 0.5) is 13.2 Å². The normalized spacial score (nSPS) is 16.2. The van der Waals surface area contributed by atoms with Gasteiger partial charge in [-0.3, -0.25) is 9.59 Å². The Hall–Kier alpha value is -2.02. The summed E-state index contributed by atoms with van der Waals surface area (Å²) in [6.07, 6.45) is -0.915. The lowest BCUT2D eigenvalue weighted by Crippen LogP contribution is -2.46. The molecule has 1 aromatic rings. The van der Waals surface area contributed by atoms with Crippen molar-refractivity contribution < 1.29 is 22.8 Å². The minimum Gasteiger partial charge on any atom is -0.352 e. The van der Waals surface area contributed by atoms with Gasteiger partial charge in [0.1, 0.15) is 0 Å². The van der Waals surface area contributed by atoms with E-state index < -0.39 is 12.1 Å². The van der Waals surface area contributed by atoms with Crippen LogP contribution < -0.4 is 5.32 Å². The second kappa shape index (κ2) is 8.38. The molecule has 4 nitrogen and oxygen atoms in total. The molecule has 8 heteroatoms. The number of alkyl halides is 3. The number of carbonyl (C=O) groups is 2. The predicted molar refractivity (Wildman–Crippen MR) is 88.9 cm³/mol. The van der Waals surface area contributed by atoms with Crippen molar-refractivity contribution in [2.45, 2.75) is 19.0 Å². The van der Waals surface area contributed by atoms with E-state index in [0.29, 0.717) is 24.4 Å². The third-order valence-electron chi connectivity index (χ3n) is 4.01. The third-order valence-corrected chi connectivity index (χ3v) is 4.26. The summed E-state index contributed by atoms with van der Waals surface area (Å²) < 4.78 is 37.1. The fourth-order valence-electron chi connectivity index (χ4n) is 2.57. The van der Waals surface area contributed by atoms with Gasteiger partial charge in [-0.25, -0.2) is 0 Å². The Kier molecular flexibility index (Phi) is 6.47. The molecular weight excluding hydrogens is 357 g/mol. The second-order valence-corrected chi connectivity index (χ2v) is 6.30. The lowest BCUT2D eigenvalue weighted by atomic mass is 9.96. The van der Waals surface area contributed by atoms with Gasteiger partial charge < -0.3 is 10.2 Å². The van der Waals surface area contributed by atoms with Crippen LogP contribution in [0.3, 0.4) is 0 Å². The Morgan fingerprint density at radius 3 is 2.36 bits per heavy atom. The van der Waals surface area contributed by atoms with E-state index in [1.165, 1.54) is 6.08 Å². The molecule has 0 unspecified atom stereocenters. The first-order valence-electron chi connectivity index (χ1n) is 7.83. The first kappa shape index (κ1) is 19.3. The predicted octanol–water partition coefficient (Wildman–Crippen LogP) is 3.27. The minimum absolute atomic E-state index is 0.0551. The number of piperidine rings is 1. The number of halogens is 4. The van der Waals surface area contributed by atoms with Crippen molar-refractivity contribution in [3.8, 4) is 0 Å². The van der Waals surface area contributed by atoms with Gasteiger partial charge in [0.15, 0.2) is 0 Å². The number of hydrogen-bond acceptors (Lipinski definition) is 2. The van der Waals surface area contributed by atoms with Gasteiger partial charge in [-0.15, -0.1) is 0 Å². The molecule has 0 aliphatic carbocycles. The molecule has 0 atom stereocenters. The van der Waals surface area contributed by atoms with E-state index in [2.05, 4.69) is 5.32 Å². The van der Waals surface area contributed by atoms with Crippen LogP contribution in [0.5, 0.6) is 0 Å². The van der Waals surface area contributed by atoms with Gasteiger partial charge >= 0.3 is 12.1 Å². The molecule has 0 radical (unpaired) electrons. The zero-order chi connectivity index (χ0) is 18.4. The van der Waals surface area contributed by atoms with Gasteiger partial charge in [-0.1, -0.05) is 23.7 Å². The van der Waals surface area contributed by atoms with Crippen molar-refractivity contribution >= 4 is 29.5 Å². The number of carbonyl (C=O) groups excluding carboxylic acids is 2. The van der Waals surface area contributed by atoms with Gasteiger partial charge in [0.25, 0.3) is 0 Å². The van der Waals surface area contributed by atoms with Crippen LogP contribution in [0, 0.1) is 5.92 Å². The average molecular weight is 375 g/mol. The first-order chi connectivity index (χ1) is 11.8. The monoisotopic (exact) mass is 374 g/mol. The van der Waals surface area contributed by atoms with E-state index in [0.717, 1.165) is 10.5 Å². The van der Waals surface area contributed by atoms with Crippen LogP contribution >= 0.6 is 11.6 Å². The highest BCUT2D eigenvalue weighted by atomic mass is 35.5. The second-order valence-electron chi connectivity index (χ2n) is 5.86. The van der Waals surface area contributed by atoms with Gasteiger partial charge in [0.05, 0.1) is 0 Å². The van der Waals surface area contributed by atoms with Gasteiger partial charge in [-0.05, 0) is 42.5 Å². The Morgan fingerprint density at radius 2 is 1.80 bits per heavy atom. The molecule has 25 heavy (non-hydrogen) atoms. The maximum Gasteiger partial charge on any atom is 0.471 e. The number of nitrogens with zero attached hydrogens (tertiary/aromatic N) is 1. The van der Waals surface area contributed by atoms with Gasteiger partial charge in [-0.2, -0.15) is 13.2 Å². The van der Waals surface area contributed by atoms with E-state index in [4.69, 9.17) is 11.6 Å². The molecule has 0 bridgehead atoms. The average Bonchev–Trinajstić information content (AvgIpc) is 2.58. The van der Waals surface area contributed by atoms with Crippen molar-refractivity contribution in [1.29, 1.82) is 0 Å².